The number of ether oxygens (including phenoxy) is 1. The zero-order valence-corrected chi connectivity index (χ0v) is 17.9. The van der Waals surface area contributed by atoms with E-state index >= 15 is 0 Å². The van der Waals surface area contributed by atoms with Gasteiger partial charge in [0.05, 0.1) is 25.3 Å². The number of oxazole rings is 1. The number of benzene rings is 1. The molecule has 1 fully saturated rings. The van der Waals surface area contributed by atoms with Crippen LogP contribution in [0.3, 0.4) is 0 Å². The van der Waals surface area contributed by atoms with Crippen molar-refractivity contribution in [2.75, 3.05) is 7.11 Å². The van der Waals surface area contributed by atoms with Crippen molar-refractivity contribution in [2.45, 2.75) is 50.6 Å². The van der Waals surface area contributed by atoms with Gasteiger partial charge in [0.15, 0.2) is 11.5 Å². The number of pyridine rings is 1. The second-order valence-corrected chi connectivity index (χ2v) is 8.00. The molecule has 0 aliphatic heterocycles. The number of nitrogens with zero attached hydrogens (tertiary/aromatic N) is 2. The number of carbonyl (C=O) groups is 1. The molecule has 2 aromatic heterocycles. The number of nitrogens with two attached hydrogens (primary N) is 1. The number of carbonyl (C=O) groups excluding carboxylic acids is 1. The van der Waals surface area contributed by atoms with E-state index in [4.69, 9.17) is 14.9 Å². The topological polar surface area (TPSA) is 124 Å². The number of halogens is 3. The van der Waals surface area contributed by atoms with Crippen molar-refractivity contribution in [3.8, 4) is 17.2 Å². The Labute approximate surface area is 187 Å². The summed E-state index contributed by atoms with van der Waals surface area (Å²) in [5, 5.41) is 13.1. The molecule has 8 nitrogen and oxygen atoms in total. The van der Waals surface area contributed by atoms with Crippen molar-refractivity contribution >= 4 is 16.8 Å². The minimum Gasteiger partial charge on any atom is -0.494 e. The maximum Gasteiger partial charge on any atom is 0.433 e. The molecule has 3 atom stereocenters. The molecule has 0 saturated heterocycles. The molecule has 1 aliphatic carbocycles. The van der Waals surface area contributed by atoms with Gasteiger partial charge in [-0.25, -0.2) is 9.97 Å². The number of aliphatic hydroxyl groups excluding tert-OH is 1. The van der Waals surface area contributed by atoms with E-state index in [-0.39, 0.29) is 28.6 Å². The first-order valence-corrected chi connectivity index (χ1v) is 10.4. The van der Waals surface area contributed by atoms with Gasteiger partial charge in [-0.2, -0.15) is 13.2 Å². The van der Waals surface area contributed by atoms with Gasteiger partial charge in [0.25, 0.3) is 5.91 Å². The van der Waals surface area contributed by atoms with Crippen LogP contribution in [0.1, 0.15) is 54.2 Å². The molecule has 3 aromatic rings. The first-order valence-electron chi connectivity index (χ1n) is 10.4. The van der Waals surface area contributed by atoms with Crippen molar-refractivity contribution in [3.05, 3.63) is 41.4 Å². The predicted molar refractivity (Wildman–Crippen MR) is 113 cm³/mol. The monoisotopic (exact) mass is 464 g/mol. The van der Waals surface area contributed by atoms with E-state index < -0.39 is 36.0 Å². The highest BCUT2D eigenvalue weighted by Crippen LogP contribution is 2.37. The van der Waals surface area contributed by atoms with Gasteiger partial charge >= 0.3 is 6.18 Å². The van der Waals surface area contributed by atoms with Crippen LogP contribution in [-0.2, 0) is 6.18 Å². The van der Waals surface area contributed by atoms with E-state index in [1.165, 1.54) is 19.2 Å². The fraction of sp³-hybridized carbons (Fsp3) is 0.409. The first-order chi connectivity index (χ1) is 15.6. The average Bonchev–Trinajstić information content (AvgIpc) is 3.38. The molecule has 0 spiro atoms. The Bertz CT molecular complexity index is 1190. The Kier molecular flexibility index (Phi) is 6.02. The highest BCUT2D eigenvalue weighted by atomic mass is 19.4. The molecule has 4 rings (SSSR count). The number of methoxy groups -OCH3 is 1. The molecular weight excluding hydrogens is 441 g/mol. The zero-order chi connectivity index (χ0) is 23.9. The summed E-state index contributed by atoms with van der Waals surface area (Å²) in [5.41, 5.74) is 5.19. The number of alkyl halides is 3. The smallest absolute Gasteiger partial charge is 0.433 e. The quantitative estimate of drug-likeness (QED) is 0.527. The van der Waals surface area contributed by atoms with Gasteiger partial charge in [-0.1, -0.05) is 0 Å². The Morgan fingerprint density at radius 2 is 2.03 bits per heavy atom. The van der Waals surface area contributed by atoms with Crippen LogP contribution < -0.4 is 15.8 Å². The summed E-state index contributed by atoms with van der Waals surface area (Å²) in [6.07, 6.45) is -3.24. The van der Waals surface area contributed by atoms with Crippen LogP contribution in [0.2, 0.25) is 0 Å². The Balaban J connectivity index is 1.79. The van der Waals surface area contributed by atoms with Crippen LogP contribution in [0.15, 0.2) is 28.7 Å². The number of aliphatic hydroxyl groups is 1. The maximum absolute atomic E-state index is 13.2. The van der Waals surface area contributed by atoms with Crippen molar-refractivity contribution in [2.24, 2.45) is 5.73 Å². The first kappa shape index (κ1) is 23.0. The van der Waals surface area contributed by atoms with E-state index in [2.05, 4.69) is 15.3 Å². The molecule has 33 heavy (non-hydrogen) atoms. The van der Waals surface area contributed by atoms with Crippen molar-refractivity contribution < 1.29 is 32.2 Å². The molecule has 0 bridgehead atoms. The molecule has 2 heterocycles. The van der Waals surface area contributed by atoms with E-state index in [0.717, 1.165) is 12.5 Å². The third-order valence-corrected chi connectivity index (χ3v) is 5.64. The van der Waals surface area contributed by atoms with E-state index in [1.807, 2.05) is 0 Å². The largest absolute Gasteiger partial charge is 0.494 e. The minimum absolute atomic E-state index is 0.00799. The fourth-order valence-electron chi connectivity index (χ4n) is 3.97. The lowest BCUT2D eigenvalue weighted by atomic mass is 10.1. The number of fused-ring (bicyclic) bond motifs is 1. The van der Waals surface area contributed by atoms with Gasteiger partial charge in [0, 0.05) is 10.9 Å². The highest BCUT2D eigenvalue weighted by Gasteiger charge is 2.34. The third kappa shape index (κ3) is 4.38. The summed E-state index contributed by atoms with van der Waals surface area (Å²) in [6, 6.07) is 4.05. The Morgan fingerprint density at radius 1 is 1.27 bits per heavy atom. The van der Waals surface area contributed by atoms with Gasteiger partial charge < -0.3 is 25.3 Å². The summed E-state index contributed by atoms with van der Waals surface area (Å²) >= 11 is 0. The van der Waals surface area contributed by atoms with Gasteiger partial charge in [-0.05, 0) is 50.5 Å². The number of amides is 1. The molecule has 11 heteroatoms. The summed E-state index contributed by atoms with van der Waals surface area (Å²) in [7, 11) is 1.33. The Morgan fingerprint density at radius 3 is 2.64 bits per heavy atom. The molecule has 4 N–H and O–H groups in total. The molecule has 0 unspecified atom stereocenters. The fourth-order valence-corrected chi connectivity index (χ4v) is 3.97. The normalized spacial score (nSPS) is 19.6. The SMILES string of the molecule is COc1ccc(-c2nc(C(=O)N[C@@H]3CCC[C@@H]3O)c([C@H](C)N)o2)c2ccc(C(F)(F)F)nc12. The van der Waals surface area contributed by atoms with Crippen LogP contribution in [-0.4, -0.2) is 40.2 Å². The van der Waals surface area contributed by atoms with Gasteiger partial charge in [0.1, 0.15) is 17.0 Å². The second kappa shape index (κ2) is 8.64. The Hall–Kier alpha value is -3.18. The molecular formula is C22H23F3N4O4. The number of rotatable bonds is 5. The number of hydrogen-bond acceptors (Lipinski definition) is 7. The van der Waals surface area contributed by atoms with Gasteiger partial charge in [0.2, 0.25) is 5.89 Å². The van der Waals surface area contributed by atoms with Crippen LogP contribution >= 0.6 is 0 Å². The minimum atomic E-state index is -4.63. The molecule has 1 aromatic carbocycles. The molecule has 1 aliphatic rings. The van der Waals surface area contributed by atoms with Crippen LogP contribution in [0, 0.1) is 0 Å². The van der Waals surface area contributed by atoms with E-state index in [1.54, 1.807) is 13.0 Å². The summed E-state index contributed by atoms with van der Waals surface area (Å²) in [6.45, 7) is 1.62. The van der Waals surface area contributed by atoms with E-state index in [9.17, 15) is 23.1 Å². The van der Waals surface area contributed by atoms with Crippen LogP contribution in [0.5, 0.6) is 5.75 Å². The number of aromatic nitrogens is 2. The maximum atomic E-state index is 13.2. The lowest BCUT2D eigenvalue weighted by molar-refractivity contribution is -0.140. The third-order valence-electron chi connectivity index (χ3n) is 5.64. The second-order valence-electron chi connectivity index (χ2n) is 8.00. The lowest BCUT2D eigenvalue weighted by Gasteiger charge is -2.15. The number of hydrogen-bond donors (Lipinski definition) is 3. The molecule has 1 amide bonds. The molecule has 1 saturated carbocycles. The average molecular weight is 464 g/mol. The highest BCUT2D eigenvalue weighted by molar-refractivity contribution is 5.98. The summed E-state index contributed by atoms with van der Waals surface area (Å²) in [4.78, 5) is 20.9. The van der Waals surface area contributed by atoms with Crippen LogP contribution in [0.25, 0.3) is 22.4 Å². The zero-order valence-electron chi connectivity index (χ0n) is 17.9. The molecule has 0 radical (unpaired) electrons. The summed E-state index contributed by atoms with van der Waals surface area (Å²) in [5.74, 6) is -0.266. The van der Waals surface area contributed by atoms with E-state index in [0.29, 0.717) is 23.8 Å². The molecule has 176 valence electrons. The predicted octanol–water partition coefficient (Wildman–Crippen LogP) is 3.58. The van der Waals surface area contributed by atoms with Crippen molar-refractivity contribution in [1.82, 2.24) is 15.3 Å². The summed E-state index contributed by atoms with van der Waals surface area (Å²) < 4.78 is 50.6. The van der Waals surface area contributed by atoms with Crippen molar-refractivity contribution in [3.63, 3.8) is 0 Å². The lowest BCUT2D eigenvalue weighted by Crippen LogP contribution is -2.40. The number of nitrogens with one attached hydrogen (secondary N) is 1. The standard InChI is InChI=1S/C22H23F3N4O4/c1-10(26)19-18(20(31)27-13-4-3-5-14(13)30)29-21(33-19)12-6-8-15(32-2)17-11(12)7-9-16(28-17)22(23,24)25/h6-10,13-14,30H,3-5,26H2,1-2H3,(H,27,31)/t10-,13+,14-/m0/s1. The van der Waals surface area contributed by atoms with Crippen LogP contribution in [0.4, 0.5) is 13.2 Å². The van der Waals surface area contributed by atoms with Crippen molar-refractivity contribution in [1.29, 1.82) is 0 Å². The van der Waals surface area contributed by atoms with Gasteiger partial charge in [-0.3, -0.25) is 4.79 Å². The van der Waals surface area contributed by atoms with Gasteiger partial charge in [-0.15, -0.1) is 0 Å².